The Morgan fingerprint density at radius 3 is 3.23 bits per heavy atom. The van der Waals surface area contributed by atoms with Crippen molar-refractivity contribution in [3.05, 3.63) is 24.8 Å². The average molecular weight is 177 g/mol. The smallest absolute Gasteiger partial charge is 0.207 e. The second-order valence-corrected chi connectivity index (χ2v) is 2.61. The normalized spacial score (nSPS) is 10.2. The molecule has 2 aromatic rings. The Bertz CT molecular complexity index is 362. The fraction of sp³-hybridized carbons (Fsp3) is 0.250. The van der Waals surface area contributed by atoms with E-state index in [1.807, 2.05) is 23.9 Å². The first-order valence-electron chi connectivity index (χ1n) is 4.18. The first-order valence-corrected chi connectivity index (χ1v) is 4.18. The number of rotatable bonds is 3. The van der Waals surface area contributed by atoms with Crippen molar-refractivity contribution in [3.63, 3.8) is 0 Å². The number of anilines is 1. The maximum atomic E-state index is 4.17. The zero-order valence-electron chi connectivity index (χ0n) is 7.36. The molecule has 0 spiro atoms. The summed E-state index contributed by atoms with van der Waals surface area (Å²) in [7, 11) is 0. The Labute approximate surface area is 75.8 Å². The highest BCUT2D eigenvalue weighted by Crippen LogP contribution is 2.11. The van der Waals surface area contributed by atoms with Gasteiger partial charge >= 0.3 is 0 Å². The minimum Gasteiger partial charge on any atom is -0.356 e. The SMILES string of the molecule is CCNc1nccn1-c1cn[nH]c1. The largest absolute Gasteiger partial charge is 0.356 e. The molecule has 2 N–H and O–H groups in total. The van der Waals surface area contributed by atoms with Crippen LogP contribution in [0.5, 0.6) is 0 Å². The Balaban J connectivity index is 2.35. The molecule has 0 unspecified atom stereocenters. The molecular formula is C8H11N5. The van der Waals surface area contributed by atoms with Crippen LogP contribution >= 0.6 is 0 Å². The van der Waals surface area contributed by atoms with E-state index in [1.165, 1.54) is 0 Å². The van der Waals surface area contributed by atoms with Gasteiger partial charge in [0.2, 0.25) is 5.95 Å². The van der Waals surface area contributed by atoms with E-state index in [1.54, 1.807) is 12.4 Å². The number of hydrogen-bond donors (Lipinski definition) is 2. The Kier molecular flexibility index (Phi) is 1.99. The van der Waals surface area contributed by atoms with Gasteiger partial charge in [0.25, 0.3) is 0 Å². The summed E-state index contributed by atoms with van der Waals surface area (Å²) in [5.74, 6) is 0.837. The fourth-order valence-corrected chi connectivity index (χ4v) is 1.18. The average Bonchev–Trinajstić information content (AvgIpc) is 2.71. The quantitative estimate of drug-likeness (QED) is 0.736. The lowest BCUT2D eigenvalue weighted by Crippen LogP contribution is -2.04. The van der Waals surface area contributed by atoms with Crippen LogP contribution in [-0.4, -0.2) is 26.3 Å². The topological polar surface area (TPSA) is 58.5 Å². The van der Waals surface area contributed by atoms with Gasteiger partial charge in [0, 0.05) is 25.1 Å². The van der Waals surface area contributed by atoms with E-state index >= 15 is 0 Å². The highest BCUT2D eigenvalue weighted by molar-refractivity contribution is 5.38. The minimum absolute atomic E-state index is 0.837. The molecule has 2 aromatic heterocycles. The van der Waals surface area contributed by atoms with Crippen molar-refractivity contribution in [2.45, 2.75) is 6.92 Å². The lowest BCUT2D eigenvalue weighted by Gasteiger charge is -2.04. The van der Waals surface area contributed by atoms with Gasteiger partial charge in [-0.1, -0.05) is 0 Å². The fourth-order valence-electron chi connectivity index (χ4n) is 1.18. The third-order valence-corrected chi connectivity index (χ3v) is 1.74. The van der Waals surface area contributed by atoms with Crippen LogP contribution in [0, 0.1) is 0 Å². The highest BCUT2D eigenvalue weighted by Gasteiger charge is 2.03. The maximum Gasteiger partial charge on any atom is 0.207 e. The second kappa shape index (κ2) is 3.30. The molecule has 0 amide bonds. The van der Waals surface area contributed by atoms with Gasteiger partial charge in [0.05, 0.1) is 11.9 Å². The van der Waals surface area contributed by atoms with Gasteiger partial charge in [-0.15, -0.1) is 0 Å². The molecule has 5 heteroatoms. The molecule has 0 saturated carbocycles. The Morgan fingerprint density at radius 1 is 1.62 bits per heavy atom. The van der Waals surface area contributed by atoms with Crippen molar-refractivity contribution in [1.29, 1.82) is 0 Å². The summed E-state index contributed by atoms with van der Waals surface area (Å²) in [6, 6.07) is 0. The number of aromatic amines is 1. The molecule has 2 heterocycles. The summed E-state index contributed by atoms with van der Waals surface area (Å²) >= 11 is 0. The molecule has 0 atom stereocenters. The predicted molar refractivity (Wildman–Crippen MR) is 49.9 cm³/mol. The molecule has 5 nitrogen and oxygen atoms in total. The molecule has 2 rings (SSSR count). The third-order valence-electron chi connectivity index (χ3n) is 1.74. The van der Waals surface area contributed by atoms with Gasteiger partial charge in [-0.05, 0) is 6.92 Å². The number of H-pyrrole nitrogens is 1. The lowest BCUT2D eigenvalue weighted by atomic mass is 10.5. The van der Waals surface area contributed by atoms with E-state index in [0.29, 0.717) is 0 Å². The van der Waals surface area contributed by atoms with Crippen molar-refractivity contribution in [2.24, 2.45) is 0 Å². The number of nitrogens with zero attached hydrogens (tertiary/aromatic N) is 3. The van der Waals surface area contributed by atoms with Crippen LogP contribution in [0.2, 0.25) is 0 Å². The molecule has 0 aromatic carbocycles. The number of aromatic nitrogens is 4. The van der Waals surface area contributed by atoms with Crippen molar-refractivity contribution in [1.82, 2.24) is 19.7 Å². The van der Waals surface area contributed by atoms with Crippen LogP contribution in [0.3, 0.4) is 0 Å². The third kappa shape index (κ3) is 1.40. The monoisotopic (exact) mass is 177 g/mol. The van der Waals surface area contributed by atoms with E-state index in [-0.39, 0.29) is 0 Å². The molecule has 0 aliphatic rings. The summed E-state index contributed by atoms with van der Waals surface area (Å²) in [6.07, 6.45) is 7.22. The number of hydrogen-bond acceptors (Lipinski definition) is 3. The van der Waals surface area contributed by atoms with Crippen LogP contribution in [0.1, 0.15) is 6.92 Å². The molecule has 68 valence electrons. The van der Waals surface area contributed by atoms with Gasteiger partial charge < -0.3 is 5.32 Å². The summed E-state index contributed by atoms with van der Waals surface area (Å²) in [6.45, 7) is 2.89. The molecule has 0 radical (unpaired) electrons. The first-order chi connectivity index (χ1) is 6.42. The highest BCUT2D eigenvalue weighted by atomic mass is 15.2. The zero-order valence-corrected chi connectivity index (χ0v) is 7.36. The molecule has 0 aliphatic heterocycles. The molecule has 0 bridgehead atoms. The molecule has 0 fully saturated rings. The summed E-state index contributed by atoms with van der Waals surface area (Å²) in [5, 5.41) is 9.79. The number of nitrogens with one attached hydrogen (secondary N) is 2. The standard InChI is InChI=1S/C8H11N5/c1-2-9-8-10-3-4-13(8)7-5-11-12-6-7/h3-6H,2H2,1H3,(H,9,10)(H,11,12). The van der Waals surface area contributed by atoms with E-state index in [4.69, 9.17) is 0 Å². The van der Waals surface area contributed by atoms with E-state index in [0.717, 1.165) is 18.2 Å². The van der Waals surface area contributed by atoms with Crippen LogP contribution < -0.4 is 5.32 Å². The molecule has 0 aliphatic carbocycles. The van der Waals surface area contributed by atoms with E-state index < -0.39 is 0 Å². The van der Waals surface area contributed by atoms with Gasteiger partial charge in [0.1, 0.15) is 0 Å². The molecular weight excluding hydrogens is 166 g/mol. The van der Waals surface area contributed by atoms with Crippen LogP contribution in [0.15, 0.2) is 24.8 Å². The zero-order chi connectivity index (χ0) is 9.10. The Hall–Kier alpha value is -1.78. The van der Waals surface area contributed by atoms with E-state index in [9.17, 15) is 0 Å². The maximum absolute atomic E-state index is 4.17. The summed E-state index contributed by atoms with van der Waals surface area (Å²) in [4.78, 5) is 4.17. The van der Waals surface area contributed by atoms with Crippen LogP contribution in [0.4, 0.5) is 5.95 Å². The predicted octanol–water partition coefficient (Wildman–Crippen LogP) is 1.03. The molecule has 13 heavy (non-hydrogen) atoms. The van der Waals surface area contributed by atoms with Crippen molar-refractivity contribution < 1.29 is 0 Å². The van der Waals surface area contributed by atoms with Crippen molar-refractivity contribution in [3.8, 4) is 5.69 Å². The van der Waals surface area contributed by atoms with Crippen LogP contribution in [0.25, 0.3) is 5.69 Å². The van der Waals surface area contributed by atoms with Gasteiger partial charge in [-0.2, -0.15) is 5.10 Å². The first kappa shape index (κ1) is 7.85. The van der Waals surface area contributed by atoms with Crippen LogP contribution in [-0.2, 0) is 0 Å². The summed E-state index contributed by atoms with van der Waals surface area (Å²) < 4.78 is 1.94. The minimum atomic E-state index is 0.837. The lowest BCUT2D eigenvalue weighted by molar-refractivity contribution is 1.02. The van der Waals surface area contributed by atoms with Crippen molar-refractivity contribution >= 4 is 5.95 Å². The Morgan fingerprint density at radius 2 is 2.54 bits per heavy atom. The second-order valence-electron chi connectivity index (χ2n) is 2.61. The van der Waals surface area contributed by atoms with Gasteiger partial charge in [-0.25, -0.2) is 4.98 Å². The number of imidazole rings is 1. The summed E-state index contributed by atoms with van der Waals surface area (Å²) in [5.41, 5.74) is 0.980. The molecule has 0 saturated heterocycles. The van der Waals surface area contributed by atoms with Gasteiger partial charge in [0.15, 0.2) is 0 Å². The van der Waals surface area contributed by atoms with Crippen molar-refractivity contribution in [2.75, 3.05) is 11.9 Å². The van der Waals surface area contributed by atoms with Gasteiger partial charge in [-0.3, -0.25) is 9.67 Å². The van der Waals surface area contributed by atoms with E-state index in [2.05, 4.69) is 20.5 Å².